The molecule has 1 fully saturated rings. The summed E-state index contributed by atoms with van der Waals surface area (Å²) in [7, 11) is 0. The Labute approximate surface area is 173 Å². The van der Waals surface area contributed by atoms with E-state index in [0.717, 1.165) is 34.8 Å². The molecular formula is C21H24N2O5S. The van der Waals surface area contributed by atoms with Crippen molar-refractivity contribution in [2.75, 3.05) is 26.6 Å². The molecule has 0 atom stereocenters. The fourth-order valence-electron chi connectivity index (χ4n) is 3.70. The Morgan fingerprint density at radius 2 is 1.86 bits per heavy atom. The summed E-state index contributed by atoms with van der Waals surface area (Å²) in [6.07, 6.45) is 1.65. The van der Waals surface area contributed by atoms with Crippen molar-refractivity contribution >= 4 is 23.2 Å². The summed E-state index contributed by atoms with van der Waals surface area (Å²) in [6.45, 7) is 3.99. The maximum atomic E-state index is 12.7. The minimum atomic E-state index is -0.203. The fraction of sp³-hybridized carbons (Fsp3) is 0.429. The number of fused-ring (bicyclic) bond motifs is 1. The SMILES string of the molecule is CC(=O)NCc1ccc(C(=O)NCC2(c3ccc4c(c3)OCO4)CCOCC2)s1. The Bertz CT molecular complexity index is 904. The molecule has 2 aromatic rings. The summed E-state index contributed by atoms with van der Waals surface area (Å²) in [5.74, 6) is 1.32. The van der Waals surface area contributed by atoms with Gasteiger partial charge in [0.25, 0.3) is 5.91 Å². The highest BCUT2D eigenvalue weighted by molar-refractivity contribution is 7.14. The Balaban J connectivity index is 1.46. The molecule has 0 unspecified atom stereocenters. The Hall–Kier alpha value is -2.58. The van der Waals surface area contributed by atoms with Crippen LogP contribution < -0.4 is 20.1 Å². The molecular weight excluding hydrogens is 392 g/mol. The molecule has 0 bridgehead atoms. The Morgan fingerprint density at radius 3 is 2.66 bits per heavy atom. The van der Waals surface area contributed by atoms with Crippen LogP contribution in [-0.4, -0.2) is 38.4 Å². The van der Waals surface area contributed by atoms with Gasteiger partial charge in [-0.05, 0) is 42.7 Å². The highest BCUT2D eigenvalue weighted by Gasteiger charge is 2.36. The Kier molecular flexibility index (Phi) is 5.73. The molecule has 1 aromatic heterocycles. The van der Waals surface area contributed by atoms with Crippen molar-refractivity contribution in [1.82, 2.24) is 10.6 Å². The average molecular weight is 416 g/mol. The lowest BCUT2D eigenvalue weighted by atomic mass is 9.74. The standard InChI is InChI=1S/C21H24N2O5S/c1-14(24)22-11-16-3-5-19(29-16)20(25)23-12-21(6-8-26-9-7-21)15-2-4-17-18(10-15)28-13-27-17/h2-5,10H,6-9,11-13H2,1H3,(H,22,24)(H,23,25). The maximum absolute atomic E-state index is 12.7. The third-order valence-corrected chi connectivity index (χ3v) is 6.50. The second-order valence-electron chi connectivity index (χ2n) is 7.32. The summed E-state index contributed by atoms with van der Waals surface area (Å²) in [5, 5.41) is 5.86. The van der Waals surface area contributed by atoms with Gasteiger partial charge < -0.3 is 24.8 Å². The first-order valence-corrected chi connectivity index (χ1v) is 10.5. The first-order chi connectivity index (χ1) is 14.1. The van der Waals surface area contributed by atoms with E-state index >= 15 is 0 Å². The predicted molar refractivity (Wildman–Crippen MR) is 108 cm³/mol. The van der Waals surface area contributed by atoms with Gasteiger partial charge in [-0.1, -0.05) is 6.07 Å². The molecule has 0 saturated carbocycles. The third kappa shape index (κ3) is 4.38. The summed E-state index contributed by atoms with van der Waals surface area (Å²) < 4.78 is 16.5. The van der Waals surface area contributed by atoms with Crippen LogP contribution in [0.3, 0.4) is 0 Å². The smallest absolute Gasteiger partial charge is 0.261 e. The zero-order valence-corrected chi connectivity index (χ0v) is 17.1. The van der Waals surface area contributed by atoms with Crippen LogP contribution >= 0.6 is 11.3 Å². The molecule has 0 radical (unpaired) electrons. The molecule has 0 aliphatic carbocycles. The first kappa shape index (κ1) is 19.7. The van der Waals surface area contributed by atoms with Crippen molar-refractivity contribution in [3.05, 3.63) is 45.6 Å². The number of rotatable bonds is 6. The maximum Gasteiger partial charge on any atom is 0.261 e. The van der Waals surface area contributed by atoms with Crippen molar-refractivity contribution in [1.29, 1.82) is 0 Å². The lowest BCUT2D eigenvalue weighted by Gasteiger charge is -2.38. The van der Waals surface area contributed by atoms with Gasteiger partial charge in [0.15, 0.2) is 11.5 Å². The summed E-state index contributed by atoms with van der Waals surface area (Å²) >= 11 is 1.39. The monoisotopic (exact) mass is 416 g/mol. The molecule has 2 aliphatic rings. The van der Waals surface area contributed by atoms with E-state index in [1.54, 1.807) is 6.07 Å². The van der Waals surface area contributed by atoms with E-state index in [4.69, 9.17) is 14.2 Å². The van der Waals surface area contributed by atoms with Crippen molar-refractivity contribution in [2.24, 2.45) is 0 Å². The largest absolute Gasteiger partial charge is 0.454 e. The first-order valence-electron chi connectivity index (χ1n) is 9.65. The van der Waals surface area contributed by atoms with Gasteiger partial charge in [0.2, 0.25) is 12.7 Å². The zero-order valence-electron chi connectivity index (χ0n) is 16.3. The van der Waals surface area contributed by atoms with Crippen molar-refractivity contribution in [3.8, 4) is 11.5 Å². The van der Waals surface area contributed by atoms with Gasteiger partial charge in [-0.15, -0.1) is 11.3 Å². The van der Waals surface area contributed by atoms with Gasteiger partial charge in [0.05, 0.1) is 11.4 Å². The van der Waals surface area contributed by atoms with Crippen molar-refractivity contribution < 1.29 is 23.8 Å². The number of ether oxygens (including phenoxy) is 3. The molecule has 2 amide bonds. The lowest BCUT2D eigenvalue weighted by molar-refractivity contribution is -0.119. The van der Waals surface area contributed by atoms with Crippen LogP contribution in [0.25, 0.3) is 0 Å². The normalized spacial score (nSPS) is 17.0. The molecule has 7 nitrogen and oxygen atoms in total. The van der Waals surface area contributed by atoms with Crippen molar-refractivity contribution in [2.45, 2.75) is 31.7 Å². The Morgan fingerprint density at radius 1 is 1.07 bits per heavy atom. The van der Waals surface area contributed by atoms with Crippen LogP contribution in [0.4, 0.5) is 0 Å². The quantitative estimate of drug-likeness (QED) is 0.756. The lowest BCUT2D eigenvalue weighted by Crippen LogP contribution is -2.44. The zero-order chi connectivity index (χ0) is 20.3. The second kappa shape index (κ2) is 8.42. The second-order valence-corrected chi connectivity index (χ2v) is 8.49. The van der Waals surface area contributed by atoms with Crippen LogP contribution in [-0.2, 0) is 21.5 Å². The number of carbonyl (C=O) groups is 2. The molecule has 1 saturated heterocycles. The average Bonchev–Trinajstić information content (AvgIpc) is 3.40. The minimum Gasteiger partial charge on any atom is -0.454 e. The molecule has 2 N–H and O–H groups in total. The van der Waals surface area contributed by atoms with Gasteiger partial charge in [-0.25, -0.2) is 0 Å². The topological polar surface area (TPSA) is 85.9 Å². The van der Waals surface area contributed by atoms with Crippen LogP contribution in [0, 0.1) is 0 Å². The number of thiophene rings is 1. The number of nitrogens with one attached hydrogen (secondary N) is 2. The van der Waals surface area contributed by atoms with Gasteiger partial charge in [0, 0.05) is 37.0 Å². The minimum absolute atomic E-state index is 0.0883. The molecule has 2 aliphatic heterocycles. The number of hydrogen-bond acceptors (Lipinski definition) is 6. The van der Waals surface area contributed by atoms with Crippen molar-refractivity contribution in [3.63, 3.8) is 0 Å². The highest BCUT2D eigenvalue weighted by Crippen LogP contribution is 2.40. The third-order valence-electron chi connectivity index (χ3n) is 5.42. The summed E-state index contributed by atoms with van der Waals surface area (Å²) in [6, 6.07) is 9.69. The predicted octanol–water partition coefficient (Wildman–Crippen LogP) is 2.59. The fourth-order valence-corrected chi connectivity index (χ4v) is 4.56. The van der Waals surface area contributed by atoms with E-state index in [1.165, 1.54) is 18.3 Å². The molecule has 4 rings (SSSR count). The highest BCUT2D eigenvalue weighted by atomic mass is 32.1. The molecule has 8 heteroatoms. The number of benzene rings is 1. The van der Waals surface area contributed by atoms with E-state index < -0.39 is 0 Å². The number of hydrogen-bond donors (Lipinski definition) is 2. The summed E-state index contributed by atoms with van der Waals surface area (Å²) in [5.41, 5.74) is 0.924. The van der Waals surface area contributed by atoms with E-state index in [1.807, 2.05) is 18.2 Å². The van der Waals surface area contributed by atoms with E-state index in [2.05, 4.69) is 16.7 Å². The van der Waals surface area contributed by atoms with Crippen LogP contribution in [0.5, 0.6) is 11.5 Å². The summed E-state index contributed by atoms with van der Waals surface area (Å²) in [4.78, 5) is 25.4. The molecule has 154 valence electrons. The van der Waals surface area contributed by atoms with Crippen LogP contribution in [0.2, 0.25) is 0 Å². The van der Waals surface area contributed by atoms with E-state index in [9.17, 15) is 9.59 Å². The van der Waals surface area contributed by atoms with Gasteiger partial charge in [-0.2, -0.15) is 0 Å². The van der Waals surface area contributed by atoms with Crippen LogP contribution in [0.1, 0.15) is 39.9 Å². The molecule has 29 heavy (non-hydrogen) atoms. The number of amides is 2. The van der Waals surface area contributed by atoms with Gasteiger partial charge >= 0.3 is 0 Å². The molecule has 1 aromatic carbocycles. The van der Waals surface area contributed by atoms with Gasteiger partial charge in [-0.3, -0.25) is 9.59 Å². The van der Waals surface area contributed by atoms with E-state index in [0.29, 0.717) is 31.2 Å². The molecule has 0 spiro atoms. The molecule has 3 heterocycles. The van der Waals surface area contributed by atoms with Crippen LogP contribution in [0.15, 0.2) is 30.3 Å². The van der Waals surface area contributed by atoms with Gasteiger partial charge in [0.1, 0.15) is 0 Å². The van der Waals surface area contributed by atoms with E-state index in [-0.39, 0.29) is 24.0 Å². The number of carbonyl (C=O) groups excluding carboxylic acids is 2.